The van der Waals surface area contributed by atoms with Crippen LogP contribution in [-0.4, -0.2) is 6.61 Å². The minimum absolute atomic E-state index is 0.607. The van der Waals surface area contributed by atoms with Gasteiger partial charge in [0.2, 0.25) is 0 Å². The highest BCUT2D eigenvalue weighted by atomic mass is 16.5. The molecule has 0 bridgehead atoms. The van der Waals surface area contributed by atoms with Gasteiger partial charge in [0.1, 0.15) is 5.75 Å². The molecule has 1 nitrogen and oxygen atoms in total. The summed E-state index contributed by atoms with van der Waals surface area (Å²) >= 11 is 0. The SMILES string of the molecule is CCCCc1ccc(-c2ccc(OC[C@@H](C)CC)cc2)cc1. The Balaban J connectivity index is 1.97. The molecule has 0 unspecified atom stereocenters. The molecule has 0 saturated heterocycles. The lowest BCUT2D eigenvalue weighted by Gasteiger charge is -2.11. The smallest absolute Gasteiger partial charge is 0.119 e. The molecule has 0 N–H and O–H groups in total. The summed E-state index contributed by atoms with van der Waals surface area (Å²) in [5.74, 6) is 1.57. The number of rotatable bonds is 8. The third-order valence-corrected chi connectivity index (χ3v) is 4.19. The van der Waals surface area contributed by atoms with Gasteiger partial charge in [-0.25, -0.2) is 0 Å². The van der Waals surface area contributed by atoms with E-state index in [9.17, 15) is 0 Å². The molecule has 0 aliphatic carbocycles. The van der Waals surface area contributed by atoms with Gasteiger partial charge in [0.15, 0.2) is 0 Å². The van der Waals surface area contributed by atoms with Gasteiger partial charge in [-0.3, -0.25) is 0 Å². The number of hydrogen-bond donors (Lipinski definition) is 0. The van der Waals surface area contributed by atoms with Gasteiger partial charge in [0, 0.05) is 0 Å². The molecule has 0 aliphatic heterocycles. The van der Waals surface area contributed by atoms with Crippen LogP contribution in [0.4, 0.5) is 0 Å². The predicted octanol–water partition coefficient (Wildman–Crippen LogP) is 6.12. The van der Waals surface area contributed by atoms with E-state index in [4.69, 9.17) is 4.74 Å². The highest BCUT2D eigenvalue weighted by molar-refractivity contribution is 5.64. The van der Waals surface area contributed by atoms with Crippen LogP contribution in [0.5, 0.6) is 5.75 Å². The van der Waals surface area contributed by atoms with Crippen molar-refractivity contribution in [3.63, 3.8) is 0 Å². The van der Waals surface area contributed by atoms with Crippen LogP contribution in [0, 0.1) is 5.92 Å². The van der Waals surface area contributed by atoms with E-state index < -0.39 is 0 Å². The number of unbranched alkanes of at least 4 members (excludes halogenated alkanes) is 1. The molecule has 0 spiro atoms. The van der Waals surface area contributed by atoms with Crippen LogP contribution >= 0.6 is 0 Å². The lowest BCUT2D eigenvalue weighted by atomic mass is 10.0. The molecule has 1 atom stereocenters. The van der Waals surface area contributed by atoms with Crippen molar-refractivity contribution in [3.8, 4) is 16.9 Å². The Bertz CT molecular complexity index is 539. The molecule has 0 heterocycles. The Morgan fingerprint density at radius 1 is 0.864 bits per heavy atom. The zero-order valence-corrected chi connectivity index (χ0v) is 14.1. The van der Waals surface area contributed by atoms with Crippen molar-refractivity contribution < 1.29 is 4.74 Å². The third-order valence-electron chi connectivity index (χ3n) is 4.19. The Morgan fingerprint density at radius 3 is 2.00 bits per heavy atom. The van der Waals surface area contributed by atoms with Gasteiger partial charge in [-0.05, 0) is 47.6 Å². The van der Waals surface area contributed by atoms with Crippen LogP contribution in [0.1, 0.15) is 45.6 Å². The Morgan fingerprint density at radius 2 is 1.45 bits per heavy atom. The average molecular weight is 296 g/mol. The van der Waals surface area contributed by atoms with E-state index in [0.717, 1.165) is 18.8 Å². The molecule has 0 aromatic heterocycles. The van der Waals surface area contributed by atoms with E-state index >= 15 is 0 Å². The van der Waals surface area contributed by atoms with Crippen LogP contribution in [0.15, 0.2) is 48.5 Å². The maximum absolute atomic E-state index is 5.81. The molecule has 2 aromatic rings. The first-order chi connectivity index (χ1) is 10.7. The largest absolute Gasteiger partial charge is 0.493 e. The first-order valence-electron chi connectivity index (χ1n) is 8.55. The predicted molar refractivity (Wildman–Crippen MR) is 95.4 cm³/mol. The summed E-state index contributed by atoms with van der Waals surface area (Å²) in [5, 5.41) is 0. The summed E-state index contributed by atoms with van der Waals surface area (Å²) in [5.41, 5.74) is 3.95. The molecule has 1 heteroatoms. The Kier molecular flexibility index (Phi) is 6.51. The summed E-state index contributed by atoms with van der Waals surface area (Å²) in [6.07, 6.45) is 4.85. The van der Waals surface area contributed by atoms with E-state index in [1.165, 1.54) is 36.0 Å². The van der Waals surface area contributed by atoms with Crippen molar-refractivity contribution in [2.75, 3.05) is 6.61 Å². The minimum atomic E-state index is 0.607. The van der Waals surface area contributed by atoms with Gasteiger partial charge < -0.3 is 4.74 Å². The van der Waals surface area contributed by atoms with Crippen LogP contribution in [0.2, 0.25) is 0 Å². The highest BCUT2D eigenvalue weighted by Gasteiger charge is 2.02. The molecule has 22 heavy (non-hydrogen) atoms. The minimum Gasteiger partial charge on any atom is -0.493 e. The van der Waals surface area contributed by atoms with E-state index in [2.05, 4.69) is 69.3 Å². The van der Waals surface area contributed by atoms with Crippen LogP contribution in [-0.2, 0) is 6.42 Å². The van der Waals surface area contributed by atoms with Crippen molar-refractivity contribution in [2.45, 2.75) is 46.5 Å². The summed E-state index contributed by atoms with van der Waals surface area (Å²) < 4.78 is 5.81. The van der Waals surface area contributed by atoms with Crippen molar-refractivity contribution >= 4 is 0 Å². The van der Waals surface area contributed by atoms with Crippen molar-refractivity contribution in [2.24, 2.45) is 5.92 Å². The molecular formula is C21H28O. The van der Waals surface area contributed by atoms with Crippen LogP contribution in [0.3, 0.4) is 0 Å². The second-order valence-electron chi connectivity index (χ2n) is 6.15. The monoisotopic (exact) mass is 296 g/mol. The fourth-order valence-corrected chi connectivity index (χ4v) is 2.34. The van der Waals surface area contributed by atoms with Crippen molar-refractivity contribution in [1.82, 2.24) is 0 Å². The molecule has 118 valence electrons. The number of ether oxygens (including phenoxy) is 1. The van der Waals surface area contributed by atoms with E-state index in [0.29, 0.717) is 5.92 Å². The standard InChI is InChI=1S/C21H28O/c1-4-6-7-18-8-10-19(11-9-18)20-12-14-21(15-13-20)22-16-17(3)5-2/h8-15,17H,4-7,16H2,1-3H3/t17-/m0/s1. The Hall–Kier alpha value is -1.76. The molecule has 0 radical (unpaired) electrons. The summed E-state index contributed by atoms with van der Waals surface area (Å²) in [7, 11) is 0. The summed E-state index contributed by atoms with van der Waals surface area (Å²) in [6.45, 7) is 7.44. The van der Waals surface area contributed by atoms with Crippen LogP contribution in [0.25, 0.3) is 11.1 Å². The molecular weight excluding hydrogens is 268 g/mol. The van der Waals surface area contributed by atoms with Crippen molar-refractivity contribution in [3.05, 3.63) is 54.1 Å². The quantitative estimate of drug-likeness (QED) is 0.570. The van der Waals surface area contributed by atoms with E-state index in [-0.39, 0.29) is 0 Å². The molecule has 2 aromatic carbocycles. The topological polar surface area (TPSA) is 9.23 Å². The van der Waals surface area contributed by atoms with Crippen LogP contribution < -0.4 is 4.74 Å². The molecule has 0 amide bonds. The second kappa shape index (κ2) is 8.63. The van der Waals surface area contributed by atoms with Gasteiger partial charge >= 0.3 is 0 Å². The molecule has 0 aliphatic rings. The van der Waals surface area contributed by atoms with Crippen molar-refractivity contribution in [1.29, 1.82) is 0 Å². The average Bonchev–Trinajstić information content (AvgIpc) is 2.58. The maximum atomic E-state index is 5.81. The molecule has 0 saturated carbocycles. The lowest BCUT2D eigenvalue weighted by Crippen LogP contribution is -2.06. The summed E-state index contributed by atoms with van der Waals surface area (Å²) in [6, 6.07) is 17.4. The van der Waals surface area contributed by atoms with Gasteiger partial charge in [-0.2, -0.15) is 0 Å². The number of hydrogen-bond acceptors (Lipinski definition) is 1. The highest BCUT2D eigenvalue weighted by Crippen LogP contribution is 2.23. The zero-order valence-electron chi connectivity index (χ0n) is 14.1. The fraction of sp³-hybridized carbons (Fsp3) is 0.429. The van der Waals surface area contributed by atoms with E-state index in [1.807, 2.05) is 0 Å². The second-order valence-corrected chi connectivity index (χ2v) is 6.15. The fourth-order valence-electron chi connectivity index (χ4n) is 2.34. The third kappa shape index (κ3) is 4.91. The lowest BCUT2D eigenvalue weighted by molar-refractivity contribution is 0.256. The normalized spacial score (nSPS) is 12.1. The maximum Gasteiger partial charge on any atom is 0.119 e. The number of benzene rings is 2. The first-order valence-corrected chi connectivity index (χ1v) is 8.55. The van der Waals surface area contributed by atoms with E-state index in [1.54, 1.807) is 0 Å². The summed E-state index contributed by atoms with van der Waals surface area (Å²) in [4.78, 5) is 0. The molecule has 0 fully saturated rings. The van der Waals surface area contributed by atoms with Gasteiger partial charge in [-0.15, -0.1) is 0 Å². The zero-order chi connectivity index (χ0) is 15.8. The Labute approximate surface area is 135 Å². The van der Waals surface area contributed by atoms with Gasteiger partial charge in [-0.1, -0.05) is 70.0 Å². The van der Waals surface area contributed by atoms with Gasteiger partial charge in [0.05, 0.1) is 6.61 Å². The number of aryl methyl sites for hydroxylation is 1. The first kappa shape index (κ1) is 16.6. The van der Waals surface area contributed by atoms with Gasteiger partial charge in [0.25, 0.3) is 0 Å². The molecule has 2 rings (SSSR count).